The van der Waals surface area contributed by atoms with Crippen molar-refractivity contribution < 1.29 is 23.3 Å². The van der Waals surface area contributed by atoms with Gasteiger partial charge in [-0.05, 0) is 30.4 Å². The molecule has 2 saturated heterocycles. The maximum absolute atomic E-state index is 15.2. The molecule has 1 aromatic heterocycles. The lowest BCUT2D eigenvalue weighted by Crippen LogP contribution is -2.42. The maximum Gasteiger partial charge on any atom is 0.294 e. The molecule has 2 aliphatic heterocycles. The Morgan fingerprint density at radius 2 is 1.82 bits per heavy atom. The van der Waals surface area contributed by atoms with Gasteiger partial charge >= 0.3 is 0 Å². The number of carbonyl (C=O) groups excluding carboxylic acids is 2. The largest absolute Gasteiger partial charge is 0.387 e. The number of nitrogens with one attached hydrogen (secondary N) is 2. The number of aromatic nitrogens is 1. The van der Waals surface area contributed by atoms with Gasteiger partial charge in [-0.25, -0.2) is 8.78 Å². The summed E-state index contributed by atoms with van der Waals surface area (Å²) in [5, 5.41) is 17.4. The van der Waals surface area contributed by atoms with Crippen molar-refractivity contribution in [3.8, 4) is 0 Å². The normalized spacial score (nSPS) is 20.2. The number of nitrogens with zero attached hydrogens (tertiary/aromatic N) is 4. The minimum Gasteiger partial charge on any atom is -0.387 e. The van der Waals surface area contributed by atoms with Crippen LogP contribution in [-0.2, 0) is 0 Å². The van der Waals surface area contributed by atoms with E-state index in [0.29, 0.717) is 18.8 Å². The first-order valence-electron chi connectivity index (χ1n) is 12.1. The van der Waals surface area contributed by atoms with Crippen LogP contribution in [-0.4, -0.2) is 76.7 Å². The van der Waals surface area contributed by atoms with Crippen LogP contribution in [0, 0.1) is 15.5 Å². The standard InChI is InChI=1S/C25H29BrF2N6O4/c1-24(2)4-6-32(7-5-24)23(36)18-9-16(26)10-19(34(37)38)21(18)31-20-13-33(14-25(20,27)28)22(35)15-8-17(29-3)12-30-11-15/h8-12,20,29,31H,4-7,13-14H2,1-3H3/t20-/m0/s1. The summed E-state index contributed by atoms with van der Waals surface area (Å²) in [6.07, 6.45) is 4.28. The zero-order chi connectivity index (χ0) is 27.8. The number of piperidine rings is 1. The molecule has 2 aromatic rings. The number of hydrogen-bond donors (Lipinski definition) is 2. The highest BCUT2D eigenvalue weighted by molar-refractivity contribution is 9.10. The molecule has 10 nitrogen and oxygen atoms in total. The van der Waals surface area contributed by atoms with Crippen molar-refractivity contribution in [3.63, 3.8) is 0 Å². The zero-order valence-electron chi connectivity index (χ0n) is 21.3. The molecule has 0 radical (unpaired) electrons. The smallest absolute Gasteiger partial charge is 0.294 e. The van der Waals surface area contributed by atoms with Crippen LogP contribution in [0.3, 0.4) is 0 Å². The van der Waals surface area contributed by atoms with Crippen LogP contribution in [0.15, 0.2) is 35.1 Å². The van der Waals surface area contributed by atoms with Crippen molar-refractivity contribution in [2.45, 2.75) is 38.7 Å². The summed E-state index contributed by atoms with van der Waals surface area (Å²) in [4.78, 5) is 44.2. The van der Waals surface area contributed by atoms with E-state index in [-0.39, 0.29) is 26.7 Å². The predicted octanol–water partition coefficient (Wildman–Crippen LogP) is 4.63. The van der Waals surface area contributed by atoms with Crippen LogP contribution in [0.2, 0.25) is 0 Å². The van der Waals surface area contributed by atoms with Crippen molar-refractivity contribution in [1.82, 2.24) is 14.8 Å². The number of anilines is 2. The highest BCUT2D eigenvalue weighted by Crippen LogP contribution is 2.39. The maximum atomic E-state index is 15.2. The van der Waals surface area contributed by atoms with E-state index in [0.717, 1.165) is 17.7 Å². The van der Waals surface area contributed by atoms with E-state index in [9.17, 15) is 19.7 Å². The van der Waals surface area contributed by atoms with E-state index in [1.165, 1.54) is 30.6 Å². The summed E-state index contributed by atoms with van der Waals surface area (Å²) in [6, 6.07) is 2.43. The quantitative estimate of drug-likeness (QED) is 0.369. The molecule has 2 aliphatic rings. The fourth-order valence-corrected chi connectivity index (χ4v) is 5.13. The van der Waals surface area contributed by atoms with Crippen molar-refractivity contribution >= 4 is 44.8 Å². The molecule has 13 heteroatoms. The number of hydrogen-bond acceptors (Lipinski definition) is 7. The molecule has 1 aromatic carbocycles. The number of rotatable bonds is 6. The van der Waals surface area contributed by atoms with Crippen LogP contribution in [0.1, 0.15) is 47.4 Å². The Hall–Kier alpha value is -3.35. The Labute approximate surface area is 227 Å². The third-order valence-electron chi connectivity index (χ3n) is 7.11. The Kier molecular flexibility index (Phi) is 7.60. The van der Waals surface area contributed by atoms with Gasteiger partial charge in [-0.15, -0.1) is 0 Å². The van der Waals surface area contributed by atoms with Gasteiger partial charge in [-0.1, -0.05) is 29.8 Å². The Morgan fingerprint density at radius 1 is 1.13 bits per heavy atom. The highest BCUT2D eigenvalue weighted by Gasteiger charge is 2.51. The molecule has 2 fully saturated rings. The lowest BCUT2D eigenvalue weighted by Gasteiger charge is -2.37. The molecule has 204 valence electrons. The molecular formula is C25H29BrF2N6O4. The first-order valence-corrected chi connectivity index (χ1v) is 12.9. The van der Waals surface area contributed by atoms with Crippen molar-refractivity contribution in [2.75, 3.05) is 43.9 Å². The predicted molar refractivity (Wildman–Crippen MR) is 142 cm³/mol. The van der Waals surface area contributed by atoms with Crippen molar-refractivity contribution in [2.24, 2.45) is 5.41 Å². The Morgan fingerprint density at radius 3 is 2.45 bits per heavy atom. The second kappa shape index (κ2) is 10.4. The number of carbonyl (C=O) groups is 2. The number of alkyl halides is 2. The Bertz CT molecular complexity index is 1260. The van der Waals surface area contributed by atoms with E-state index in [1.807, 2.05) is 0 Å². The van der Waals surface area contributed by atoms with Gasteiger partial charge in [0.25, 0.3) is 23.4 Å². The van der Waals surface area contributed by atoms with Crippen molar-refractivity contribution in [3.05, 3.63) is 56.3 Å². The summed E-state index contributed by atoms with van der Waals surface area (Å²) in [5.41, 5.74) is -0.127. The van der Waals surface area contributed by atoms with Gasteiger partial charge in [0.15, 0.2) is 0 Å². The molecule has 3 heterocycles. The minimum atomic E-state index is -3.42. The zero-order valence-corrected chi connectivity index (χ0v) is 22.8. The van der Waals surface area contributed by atoms with Crippen molar-refractivity contribution in [1.29, 1.82) is 0 Å². The van der Waals surface area contributed by atoms with E-state index < -0.39 is 47.5 Å². The molecule has 2 N–H and O–H groups in total. The average Bonchev–Trinajstić information content (AvgIpc) is 3.17. The summed E-state index contributed by atoms with van der Waals surface area (Å²) in [6.45, 7) is 3.80. The van der Waals surface area contributed by atoms with Crippen LogP contribution in [0.5, 0.6) is 0 Å². The van der Waals surface area contributed by atoms with E-state index in [1.54, 1.807) is 11.9 Å². The van der Waals surface area contributed by atoms with E-state index in [2.05, 4.69) is 45.4 Å². The number of pyridine rings is 1. The summed E-state index contributed by atoms with van der Waals surface area (Å²) >= 11 is 3.21. The van der Waals surface area contributed by atoms with Crippen LogP contribution in [0.4, 0.5) is 25.8 Å². The number of nitro benzene ring substituents is 1. The fraction of sp³-hybridized carbons (Fsp3) is 0.480. The first kappa shape index (κ1) is 27.7. The molecule has 0 saturated carbocycles. The number of halogens is 3. The third kappa shape index (κ3) is 5.71. The number of amides is 2. The lowest BCUT2D eigenvalue weighted by atomic mass is 9.82. The molecule has 0 aliphatic carbocycles. The minimum absolute atomic E-state index is 0.0608. The second-order valence-electron chi connectivity index (χ2n) is 10.4. The second-order valence-corrected chi connectivity index (χ2v) is 11.3. The van der Waals surface area contributed by atoms with E-state index in [4.69, 9.17) is 0 Å². The van der Waals surface area contributed by atoms with Gasteiger partial charge < -0.3 is 20.4 Å². The fourth-order valence-electron chi connectivity index (χ4n) is 4.68. The lowest BCUT2D eigenvalue weighted by molar-refractivity contribution is -0.384. The molecule has 0 unspecified atom stereocenters. The summed E-state index contributed by atoms with van der Waals surface area (Å²) < 4.78 is 30.7. The van der Waals surface area contributed by atoms with Gasteiger partial charge in [-0.2, -0.15) is 0 Å². The van der Waals surface area contributed by atoms with Crippen LogP contribution in [0.25, 0.3) is 0 Å². The van der Waals surface area contributed by atoms with Crippen LogP contribution < -0.4 is 10.6 Å². The monoisotopic (exact) mass is 594 g/mol. The summed E-state index contributed by atoms with van der Waals surface area (Å²) in [7, 11) is 1.64. The van der Waals surface area contributed by atoms with Gasteiger partial charge in [0.05, 0.1) is 28.3 Å². The highest BCUT2D eigenvalue weighted by atomic mass is 79.9. The van der Waals surface area contributed by atoms with Gasteiger partial charge in [-0.3, -0.25) is 24.7 Å². The molecule has 0 spiro atoms. The molecule has 0 bridgehead atoms. The van der Waals surface area contributed by atoms with Gasteiger partial charge in [0.1, 0.15) is 11.7 Å². The molecular weight excluding hydrogens is 566 g/mol. The number of nitro groups is 1. The topological polar surface area (TPSA) is 121 Å². The molecule has 1 atom stereocenters. The number of likely N-dealkylation sites (tertiary alicyclic amines) is 2. The Balaban J connectivity index is 1.64. The first-order chi connectivity index (χ1) is 17.8. The summed E-state index contributed by atoms with van der Waals surface area (Å²) in [5.74, 6) is -4.53. The molecule has 4 rings (SSSR count). The van der Waals surface area contributed by atoms with Crippen LogP contribution >= 0.6 is 15.9 Å². The van der Waals surface area contributed by atoms with E-state index >= 15 is 8.78 Å². The number of benzene rings is 1. The molecule has 38 heavy (non-hydrogen) atoms. The third-order valence-corrected chi connectivity index (χ3v) is 7.57. The average molecular weight is 595 g/mol. The molecule has 2 amide bonds. The van der Waals surface area contributed by atoms with Gasteiger partial charge in [0, 0.05) is 49.6 Å². The SMILES string of the molecule is CNc1cncc(C(=O)N2C[C@H](Nc3c(C(=O)N4CCC(C)(C)CC4)cc(Br)cc3[N+](=O)[O-])C(F)(F)C2)c1. The van der Waals surface area contributed by atoms with Gasteiger partial charge in [0.2, 0.25) is 0 Å².